The second-order valence-corrected chi connectivity index (χ2v) is 11.1. The zero-order valence-corrected chi connectivity index (χ0v) is 25.4. The number of nitrogens with zero attached hydrogens (tertiary/aromatic N) is 1. The first-order valence-corrected chi connectivity index (χ1v) is 14.9. The van der Waals surface area contributed by atoms with Gasteiger partial charge in [0.15, 0.2) is 11.5 Å². The average Bonchev–Trinajstić information content (AvgIpc) is 3.62. The number of likely N-dealkylation sites (tertiary alicyclic amines) is 1. The number of hydrogen-bond acceptors (Lipinski definition) is 7. The molecule has 0 bridgehead atoms. The Morgan fingerprint density at radius 2 is 1.74 bits per heavy atom. The number of amides is 1. The monoisotopic (exact) mass is 608 g/mol. The highest BCUT2D eigenvalue weighted by atomic mass is 35.5. The molecule has 0 radical (unpaired) electrons. The summed E-state index contributed by atoms with van der Waals surface area (Å²) in [6.07, 6.45) is 1.41. The molecule has 0 aliphatic carbocycles. The smallest absolute Gasteiger partial charge is 0.309 e. The van der Waals surface area contributed by atoms with Crippen molar-refractivity contribution in [3.63, 3.8) is 0 Å². The molecule has 228 valence electrons. The van der Waals surface area contributed by atoms with Crippen molar-refractivity contribution in [2.24, 2.45) is 5.92 Å². The van der Waals surface area contributed by atoms with Gasteiger partial charge in [-0.25, -0.2) is 0 Å². The zero-order valence-electron chi connectivity index (χ0n) is 24.6. The Labute approximate surface area is 256 Å². The fraction of sp³-hybridized carbons (Fsp3) is 0.394. The molecule has 43 heavy (non-hydrogen) atoms. The maximum Gasteiger partial charge on any atom is 0.309 e. The predicted molar refractivity (Wildman–Crippen MR) is 163 cm³/mol. The highest BCUT2D eigenvalue weighted by Gasteiger charge is 2.49. The molecule has 9 nitrogen and oxygen atoms in total. The Kier molecular flexibility index (Phi) is 9.75. The summed E-state index contributed by atoms with van der Waals surface area (Å²) in [5.41, 5.74) is 4.18. The Hall–Kier alpha value is -3.79. The number of ether oxygens (including phenoxy) is 4. The average molecular weight is 609 g/mol. The van der Waals surface area contributed by atoms with Crippen LogP contribution in [0.3, 0.4) is 0 Å². The minimum Gasteiger partial charge on any atom is -0.491 e. The minimum atomic E-state index is -0.957. The van der Waals surface area contributed by atoms with Gasteiger partial charge in [0.1, 0.15) is 12.4 Å². The van der Waals surface area contributed by atoms with Crippen LogP contribution in [0, 0.1) is 5.92 Å². The molecule has 0 aromatic heterocycles. The van der Waals surface area contributed by atoms with Gasteiger partial charge < -0.3 is 29.4 Å². The van der Waals surface area contributed by atoms with E-state index in [1.165, 1.54) is 0 Å². The number of para-hydroxylation sites is 1. The van der Waals surface area contributed by atoms with E-state index >= 15 is 0 Å². The molecule has 2 aliphatic heterocycles. The molecule has 1 unspecified atom stereocenters. The van der Waals surface area contributed by atoms with Gasteiger partial charge in [-0.15, -0.1) is 0 Å². The Morgan fingerprint density at radius 1 is 1.02 bits per heavy atom. The van der Waals surface area contributed by atoms with E-state index in [-0.39, 0.29) is 19.2 Å². The Bertz CT molecular complexity index is 1450. The van der Waals surface area contributed by atoms with Crippen LogP contribution in [-0.4, -0.2) is 62.1 Å². The lowest BCUT2D eigenvalue weighted by atomic mass is 9.82. The van der Waals surface area contributed by atoms with Crippen LogP contribution in [0.4, 0.5) is 5.69 Å². The lowest BCUT2D eigenvalue weighted by Gasteiger charge is -2.28. The van der Waals surface area contributed by atoms with Crippen molar-refractivity contribution in [2.45, 2.75) is 38.6 Å². The third kappa shape index (κ3) is 6.59. The molecule has 0 spiro atoms. The number of aliphatic carboxylic acids is 1. The van der Waals surface area contributed by atoms with Crippen molar-refractivity contribution >= 4 is 29.2 Å². The van der Waals surface area contributed by atoms with Crippen LogP contribution in [0.25, 0.3) is 0 Å². The molecular weight excluding hydrogens is 572 g/mol. The van der Waals surface area contributed by atoms with Gasteiger partial charge in [-0.3, -0.25) is 14.5 Å². The number of aryl methyl sites for hydroxylation is 2. The number of fused-ring (bicyclic) bond motifs is 1. The van der Waals surface area contributed by atoms with E-state index in [1.54, 1.807) is 7.11 Å². The fourth-order valence-corrected chi connectivity index (χ4v) is 6.41. The number of carboxylic acid groups (broad SMARTS) is 1. The van der Waals surface area contributed by atoms with Crippen LogP contribution in [0.1, 0.15) is 48.1 Å². The lowest BCUT2D eigenvalue weighted by molar-refractivity contribution is -0.143. The van der Waals surface area contributed by atoms with Gasteiger partial charge in [-0.1, -0.05) is 49.7 Å². The number of carbonyl (C=O) groups excluding carboxylic acids is 1. The van der Waals surface area contributed by atoms with Crippen molar-refractivity contribution in [3.8, 4) is 17.2 Å². The van der Waals surface area contributed by atoms with Crippen molar-refractivity contribution in [3.05, 3.63) is 81.9 Å². The zero-order chi connectivity index (χ0) is 30.5. The summed E-state index contributed by atoms with van der Waals surface area (Å²) in [4.78, 5) is 28.7. The number of rotatable bonds is 12. The van der Waals surface area contributed by atoms with Crippen molar-refractivity contribution in [1.82, 2.24) is 4.90 Å². The number of carboxylic acids is 1. The third-order valence-corrected chi connectivity index (χ3v) is 8.35. The number of hydrogen-bond donors (Lipinski definition) is 2. The SMILES string of the molecule is CCc1cc(Cl)cc(CC)c1NC(=O)CN1C[C@H](c2ccc3c(c2)OCO3)C(C(=O)O)[C@@H]1c1ccccc1OCCOC. The van der Waals surface area contributed by atoms with Crippen LogP contribution in [0.2, 0.25) is 5.02 Å². The molecule has 3 atom stereocenters. The first kappa shape index (κ1) is 30.7. The van der Waals surface area contributed by atoms with E-state index in [1.807, 2.05) is 73.3 Å². The highest BCUT2D eigenvalue weighted by Crippen LogP contribution is 2.49. The van der Waals surface area contributed by atoms with Crippen molar-refractivity contribution in [1.29, 1.82) is 0 Å². The first-order chi connectivity index (χ1) is 20.8. The number of carbonyl (C=O) groups is 2. The summed E-state index contributed by atoms with van der Waals surface area (Å²) in [6, 6.07) is 16.0. The number of anilines is 1. The predicted octanol–water partition coefficient (Wildman–Crippen LogP) is 5.70. The van der Waals surface area contributed by atoms with E-state index in [0.29, 0.717) is 60.4 Å². The van der Waals surface area contributed by atoms with Gasteiger partial charge in [0.25, 0.3) is 0 Å². The Morgan fingerprint density at radius 3 is 2.44 bits per heavy atom. The topological polar surface area (TPSA) is 107 Å². The van der Waals surface area contributed by atoms with Gasteiger partial charge in [0, 0.05) is 35.8 Å². The summed E-state index contributed by atoms with van der Waals surface area (Å²) in [7, 11) is 1.59. The van der Waals surface area contributed by atoms with Gasteiger partial charge in [0.2, 0.25) is 12.7 Å². The molecule has 2 heterocycles. The molecular formula is C33H37ClN2O7. The summed E-state index contributed by atoms with van der Waals surface area (Å²) in [5.74, 6) is -0.712. The van der Waals surface area contributed by atoms with Gasteiger partial charge >= 0.3 is 5.97 Å². The van der Waals surface area contributed by atoms with Crippen LogP contribution < -0.4 is 19.5 Å². The quantitative estimate of drug-likeness (QED) is 0.252. The van der Waals surface area contributed by atoms with Crippen LogP contribution >= 0.6 is 11.6 Å². The summed E-state index contributed by atoms with van der Waals surface area (Å²) < 4.78 is 22.3. The highest BCUT2D eigenvalue weighted by molar-refractivity contribution is 6.30. The molecule has 1 amide bonds. The summed E-state index contributed by atoms with van der Waals surface area (Å²) in [6.45, 7) is 5.17. The van der Waals surface area contributed by atoms with E-state index in [9.17, 15) is 14.7 Å². The van der Waals surface area contributed by atoms with E-state index in [2.05, 4.69) is 5.32 Å². The molecule has 1 saturated heterocycles. The van der Waals surface area contributed by atoms with Crippen LogP contribution in [-0.2, 0) is 27.2 Å². The number of benzene rings is 3. The standard InChI is InChI=1S/C33H37ClN2O7/c1-4-20-14-23(34)15-21(5-2)31(20)35-29(37)18-36-17-25(22-10-11-27-28(16-22)43-19-42-27)30(33(38)39)32(36)24-8-6-7-9-26(24)41-13-12-40-3/h6-11,14-16,25,30,32H,4-5,12-13,17-19H2,1-3H3,(H,35,37)(H,38,39)/t25-,30?,32+/m1/s1. The van der Waals surface area contributed by atoms with Crippen molar-refractivity contribution < 1.29 is 33.6 Å². The molecule has 0 saturated carbocycles. The second kappa shape index (κ2) is 13.7. The van der Waals surface area contributed by atoms with E-state index in [4.69, 9.17) is 30.5 Å². The number of halogens is 1. The van der Waals surface area contributed by atoms with Crippen molar-refractivity contribution in [2.75, 3.05) is 45.5 Å². The van der Waals surface area contributed by atoms with Gasteiger partial charge in [0.05, 0.1) is 25.1 Å². The maximum absolute atomic E-state index is 13.7. The van der Waals surface area contributed by atoms with E-state index < -0.39 is 23.8 Å². The molecule has 2 aliphatic rings. The molecule has 3 aromatic carbocycles. The lowest BCUT2D eigenvalue weighted by Crippen LogP contribution is -2.35. The van der Waals surface area contributed by atoms with Crippen LogP contribution in [0.15, 0.2) is 54.6 Å². The largest absolute Gasteiger partial charge is 0.491 e. The molecule has 5 rings (SSSR count). The maximum atomic E-state index is 13.7. The third-order valence-electron chi connectivity index (χ3n) is 8.13. The van der Waals surface area contributed by atoms with Gasteiger partial charge in [-0.05, 0) is 59.9 Å². The molecule has 3 aromatic rings. The molecule has 2 N–H and O–H groups in total. The number of nitrogens with one attached hydrogen (secondary N) is 1. The summed E-state index contributed by atoms with van der Waals surface area (Å²) >= 11 is 6.34. The molecule has 1 fully saturated rings. The Balaban J connectivity index is 1.51. The number of methoxy groups -OCH3 is 1. The normalized spacial score (nSPS) is 19.4. The van der Waals surface area contributed by atoms with Crippen LogP contribution in [0.5, 0.6) is 17.2 Å². The molecule has 10 heteroatoms. The minimum absolute atomic E-state index is 0.0170. The second-order valence-electron chi connectivity index (χ2n) is 10.7. The first-order valence-electron chi connectivity index (χ1n) is 14.5. The van der Waals surface area contributed by atoms with Gasteiger partial charge in [-0.2, -0.15) is 0 Å². The summed E-state index contributed by atoms with van der Waals surface area (Å²) in [5, 5.41) is 14.4. The fourth-order valence-electron chi connectivity index (χ4n) is 6.14. The van der Waals surface area contributed by atoms with E-state index in [0.717, 1.165) is 22.4 Å².